The Morgan fingerprint density at radius 2 is 2.00 bits per heavy atom. The molecule has 4 nitrogen and oxygen atoms in total. The Balaban J connectivity index is 1.52. The van der Waals surface area contributed by atoms with Crippen LogP contribution in [0, 0.1) is 11.8 Å². The molecule has 0 saturated carbocycles. The molecule has 0 aromatic heterocycles. The zero-order valence-corrected chi connectivity index (χ0v) is 14.3. The van der Waals surface area contributed by atoms with E-state index in [2.05, 4.69) is 19.1 Å². The van der Waals surface area contributed by atoms with Gasteiger partial charge in [0.1, 0.15) is 0 Å². The van der Waals surface area contributed by atoms with Crippen molar-refractivity contribution in [3.8, 4) is 0 Å². The summed E-state index contributed by atoms with van der Waals surface area (Å²) in [5, 5.41) is 0. The van der Waals surface area contributed by atoms with Crippen LogP contribution in [0.1, 0.15) is 43.0 Å². The minimum Gasteiger partial charge on any atom is -0.462 e. The SMILES string of the molecule is C[C@H]1CC2(CC/C=C\[C@H]1CCOC(=O)c1ccccc1)OCCO2. The molecule has 1 fully saturated rings. The summed E-state index contributed by atoms with van der Waals surface area (Å²) in [7, 11) is 0. The monoisotopic (exact) mass is 330 g/mol. The van der Waals surface area contributed by atoms with Crippen molar-refractivity contribution < 1.29 is 19.0 Å². The predicted molar refractivity (Wildman–Crippen MR) is 91.6 cm³/mol. The second-order valence-electron chi connectivity index (χ2n) is 6.71. The van der Waals surface area contributed by atoms with Gasteiger partial charge < -0.3 is 14.2 Å². The van der Waals surface area contributed by atoms with Crippen LogP contribution >= 0.6 is 0 Å². The predicted octanol–water partition coefficient (Wildman–Crippen LogP) is 3.97. The van der Waals surface area contributed by atoms with Crippen molar-refractivity contribution in [3.63, 3.8) is 0 Å². The van der Waals surface area contributed by atoms with E-state index in [0.717, 1.165) is 25.7 Å². The van der Waals surface area contributed by atoms with E-state index in [0.29, 0.717) is 37.2 Å². The lowest BCUT2D eigenvalue weighted by molar-refractivity contribution is -0.176. The molecular weight excluding hydrogens is 304 g/mol. The van der Waals surface area contributed by atoms with E-state index in [-0.39, 0.29) is 5.97 Å². The minimum absolute atomic E-state index is 0.253. The van der Waals surface area contributed by atoms with Gasteiger partial charge in [-0.2, -0.15) is 0 Å². The average molecular weight is 330 g/mol. The summed E-state index contributed by atoms with van der Waals surface area (Å²) < 4.78 is 17.2. The van der Waals surface area contributed by atoms with E-state index in [1.807, 2.05) is 18.2 Å². The Labute approximate surface area is 143 Å². The second kappa shape index (κ2) is 7.95. The highest BCUT2D eigenvalue weighted by atomic mass is 16.7. The lowest BCUT2D eigenvalue weighted by Gasteiger charge is -2.34. The van der Waals surface area contributed by atoms with Gasteiger partial charge in [-0.3, -0.25) is 0 Å². The topological polar surface area (TPSA) is 44.8 Å². The number of esters is 1. The van der Waals surface area contributed by atoms with Gasteiger partial charge in [-0.15, -0.1) is 0 Å². The van der Waals surface area contributed by atoms with Crippen LogP contribution in [0.2, 0.25) is 0 Å². The summed E-state index contributed by atoms with van der Waals surface area (Å²) in [4.78, 5) is 12.0. The summed E-state index contributed by atoms with van der Waals surface area (Å²) in [5.74, 6) is 0.147. The van der Waals surface area contributed by atoms with Crippen LogP contribution in [0.15, 0.2) is 42.5 Å². The summed E-state index contributed by atoms with van der Waals surface area (Å²) in [6, 6.07) is 9.13. The molecule has 4 heteroatoms. The fourth-order valence-corrected chi connectivity index (χ4v) is 3.59. The van der Waals surface area contributed by atoms with Gasteiger partial charge in [0.05, 0.1) is 25.4 Å². The quantitative estimate of drug-likeness (QED) is 0.619. The van der Waals surface area contributed by atoms with Gasteiger partial charge in [-0.25, -0.2) is 4.79 Å². The maximum Gasteiger partial charge on any atom is 0.338 e. The van der Waals surface area contributed by atoms with Crippen molar-refractivity contribution in [1.29, 1.82) is 0 Å². The molecule has 1 aliphatic heterocycles. The molecule has 130 valence electrons. The van der Waals surface area contributed by atoms with Crippen LogP contribution in [-0.4, -0.2) is 31.6 Å². The Hall–Kier alpha value is -1.65. The van der Waals surface area contributed by atoms with Gasteiger partial charge in [0, 0.05) is 12.8 Å². The van der Waals surface area contributed by atoms with Crippen molar-refractivity contribution in [2.45, 2.75) is 38.4 Å². The molecule has 1 aliphatic carbocycles. The van der Waals surface area contributed by atoms with Gasteiger partial charge in [0.15, 0.2) is 5.79 Å². The molecule has 24 heavy (non-hydrogen) atoms. The molecule has 0 N–H and O–H groups in total. The highest BCUT2D eigenvalue weighted by Gasteiger charge is 2.39. The van der Waals surface area contributed by atoms with Gasteiger partial charge in [0.2, 0.25) is 0 Å². The van der Waals surface area contributed by atoms with E-state index in [1.54, 1.807) is 12.1 Å². The lowest BCUT2D eigenvalue weighted by atomic mass is 9.82. The lowest BCUT2D eigenvalue weighted by Crippen LogP contribution is -2.35. The minimum atomic E-state index is -0.400. The number of hydrogen-bond donors (Lipinski definition) is 0. The number of hydrogen-bond acceptors (Lipinski definition) is 4. The molecule has 1 spiro atoms. The number of rotatable bonds is 4. The number of allylic oxidation sites excluding steroid dienone is 2. The molecule has 0 bridgehead atoms. The number of benzene rings is 1. The fraction of sp³-hybridized carbons (Fsp3) is 0.550. The molecule has 3 rings (SSSR count). The van der Waals surface area contributed by atoms with Gasteiger partial charge in [-0.05, 0) is 36.8 Å². The highest BCUT2D eigenvalue weighted by Crippen LogP contribution is 2.37. The zero-order valence-electron chi connectivity index (χ0n) is 14.3. The first-order valence-corrected chi connectivity index (χ1v) is 8.85. The number of carbonyl (C=O) groups excluding carboxylic acids is 1. The van der Waals surface area contributed by atoms with Crippen molar-refractivity contribution in [2.75, 3.05) is 19.8 Å². The second-order valence-corrected chi connectivity index (χ2v) is 6.71. The van der Waals surface area contributed by atoms with Crippen LogP contribution in [0.5, 0.6) is 0 Å². The van der Waals surface area contributed by atoms with E-state index >= 15 is 0 Å². The maximum atomic E-state index is 12.0. The molecule has 0 unspecified atom stereocenters. The normalized spacial score (nSPS) is 27.4. The van der Waals surface area contributed by atoms with Crippen LogP contribution in [0.4, 0.5) is 0 Å². The smallest absolute Gasteiger partial charge is 0.338 e. The fourth-order valence-electron chi connectivity index (χ4n) is 3.59. The van der Waals surface area contributed by atoms with Crippen LogP contribution in [-0.2, 0) is 14.2 Å². The summed E-state index contributed by atoms with van der Waals surface area (Å²) in [6.07, 6.45) is 8.09. The Morgan fingerprint density at radius 1 is 1.25 bits per heavy atom. The summed E-state index contributed by atoms with van der Waals surface area (Å²) in [6.45, 7) is 4.04. The molecule has 0 amide bonds. The van der Waals surface area contributed by atoms with Crippen LogP contribution in [0.25, 0.3) is 0 Å². The van der Waals surface area contributed by atoms with E-state index in [9.17, 15) is 4.79 Å². The van der Waals surface area contributed by atoms with Crippen LogP contribution < -0.4 is 0 Å². The van der Waals surface area contributed by atoms with Gasteiger partial charge >= 0.3 is 5.97 Å². The molecule has 0 radical (unpaired) electrons. The molecule has 1 saturated heterocycles. The third-order valence-corrected chi connectivity index (χ3v) is 4.95. The maximum absolute atomic E-state index is 12.0. The summed E-state index contributed by atoms with van der Waals surface area (Å²) >= 11 is 0. The van der Waals surface area contributed by atoms with Gasteiger partial charge in [-0.1, -0.05) is 37.3 Å². The number of ether oxygens (including phenoxy) is 3. The van der Waals surface area contributed by atoms with Crippen molar-refractivity contribution >= 4 is 5.97 Å². The van der Waals surface area contributed by atoms with E-state index in [1.165, 1.54) is 0 Å². The van der Waals surface area contributed by atoms with Gasteiger partial charge in [0.25, 0.3) is 0 Å². The molecular formula is C20H26O4. The average Bonchev–Trinajstić information content (AvgIpc) is 3.05. The first kappa shape index (κ1) is 17.2. The Morgan fingerprint density at radius 3 is 2.75 bits per heavy atom. The number of carbonyl (C=O) groups is 1. The molecule has 1 aromatic carbocycles. The highest BCUT2D eigenvalue weighted by molar-refractivity contribution is 5.89. The van der Waals surface area contributed by atoms with E-state index < -0.39 is 5.79 Å². The molecule has 2 atom stereocenters. The third-order valence-electron chi connectivity index (χ3n) is 4.95. The van der Waals surface area contributed by atoms with E-state index in [4.69, 9.17) is 14.2 Å². The Kier molecular flexibility index (Phi) is 5.69. The standard InChI is InChI=1S/C20H26O4/c1-16-15-20(23-13-14-24-20)11-6-5-7-17(16)10-12-22-19(21)18-8-3-2-4-9-18/h2-5,7-9,16-17H,6,10-15H2,1H3/b7-5-/t16-,17-/m0/s1. The molecule has 2 aliphatic rings. The van der Waals surface area contributed by atoms with Crippen molar-refractivity contribution in [3.05, 3.63) is 48.0 Å². The first-order chi connectivity index (χ1) is 11.7. The van der Waals surface area contributed by atoms with Crippen LogP contribution in [0.3, 0.4) is 0 Å². The van der Waals surface area contributed by atoms with Crippen molar-refractivity contribution in [1.82, 2.24) is 0 Å². The Bertz CT molecular complexity index is 560. The zero-order chi connectivity index (χ0) is 16.8. The molecule has 1 heterocycles. The first-order valence-electron chi connectivity index (χ1n) is 8.85. The largest absolute Gasteiger partial charge is 0.462 e. The molecule has 1 aromatic rings. The third kappa shape index (κ3) is 4.25. The summed E-state index contributed by atoms with van der Waals surface area (Å²) in [5.41, 5.74) is 0.602. The van der Waals surface area contributed by atoms with Crippen molar-refractivity contribution in [2.24, 2.45) is 11.8 Å².